The van der Waals surface area contributed by atoms with Gasteiger partial charge in [0.15, 0.2) is 0 Å². The molecule has 0 saturated heterocycles. The van der Waals surface area contributed by atoms with E-state index in [4.69, 9.17) is 5.11 Å². The number of carbonyl (C=O) groups is 3. The highest BCUT2D eigenvalue weighted by molar-refractivity contribution is 9.10. The van der Waals surface area contributed by atoms with E-state index in [-0.39, 0.29) is 19.0 Å². The van der Waals surface area contributed by atoms with Gasteiger partial charge in [-0.15, -0.1) is 0 Å². The molecule has 0 fully saturated rings. The van der Waals surface area contributed by atoms with E-state index in [0.29, 0.717) is 12.0 Å². The molecule has 0 aliphatic rings. The molecule has 0 spiro atoms. The predicted octanol–water partition coefficient (Wildman–Crippen LogP) is 1.80. The summed E-state index contributed by atoms with van der Waals surface area (Å²) in [6.45, 7) is 1.76. The molecule has 0 saturated carbocycles. The van der Waals surface area contributed by atoms with Crippen LogP contribution >= 0.6 is 15.9 Å². The molecule has 120 valence electrons. The Kier molecular flexibility index (Phi) is 7.59. The first-order chi connectivity index (χ1) is 10.4. The van der Waals surface area contributed by atoms with E-state index >= 15 is 0 Å². The first-order valence-electron chi connectivity index (χ1n) is 6.97. The molecule has 0 aromatic heterocycles. The van der Waals surface area contributed by atoms with Crippen LogP contribution in [0.15, 0.2) is 28.7 Å². The second-order valence-electron chi connectivity index (χ2n) is 4.82. The standard InChI is InChI=1S/C15H19BrN2O4/c1-2-4-11(15(21)22)8-17-13(19)9-18-14(20)10-5-3-6-12(16)7-10/h3,5-7,11H,2,4,8-9H2,1H3,(H,17,19)(H,18,20)(H,21,22). The molecule has 6 nitrogen and oxygen atoms in total. The maximum Gasteiger partial charge on any atom is 0.308 e. The quantitative estimate of drug-likeness (QED) is 0.649. The van der Waals surface area contributed by atoms with E-state index in [1.54, 1.807) is 24.3 Å². The number of hydrogen-bond acceptors (Lipinski definition) is 3. The van der Waals surface area contributed by atoms with Crippen LogP contribution in [0, 0.1) is 5.92 Å². The van der Waals surface area contributed by atoms with Crippen LogP contribution in [0.25, 0.3) is 0 Å². The summed E-state index contributed by atoms with van der Waals surface area (Å²) < 4.78 is 0.772. The number of carboxylic acids is 1. The van der Waals surface area contributed by atoms with Crippen LogP contribution < -0.4 is 10.6 Å². The van der Waals surface area contributed by atoms with Crippen molar-refractivity contribution in [2.24, 2.45) is 5.92 Å². The third kappa shape index (κ3) is 6.26. The van der Waals surface area contributed by atoms with Crippen molar-refractivity contribution in [1.29, 1.82) is 0 Å². The Labute approximate surface area is 137 Å². The van der Waals surface area contributed by atoms with Crippen LogP contribution in [0.2, 0.25) is 0 Å². The van der Waals surface area contributed by atoms with Gasteiger partial charge in [-0.25, -0.2) is 0 Å². The Morgan fingerprint density at radius 2 is 2.00 bits per heavy atom. The summed E-state index contributed by atoms with van der Waals surface area (Å²) in [5.41, 5.74) is 0.441. The van der Waals surface area contributed by atoms with Crippen molar-refractivity contribution in [3.8, 4) is 0 Å². The summed E-state index contributed by atoms with van der Waals surface area (Å²) in [5, 5.41) is 14.0. The topological polar surface area (TPSA) is 95.5 Å². The van der Waals surface area contributed by atoms with Gasteiger partial charge in [-0.1, -0.05) is 35.3 Å². The van der Waals surface area contributed by atoms with E-state index in [0.717, 1.165) is 10.9 Å². The number of carbonyl (C=O) groups excluding carboxylic acids is 2. The van der Waals surface area contributed by atoms with E-state index in [9.17, 15) is 14.4 Å². The molecular formula is C15H19BrN2O4. The molecule has 22 heavy (non-hydrogen) atoms. The zero-order chi connectivity index (χ0) is 16.5. The minimum atomic E-state index is -0.930. The molecule has 1 unspecified atom stereocenters. The minimum Gasteiger partial charge on any atom is -0.481 e. The number of nitrogens with one attached hydrogen (secondary N) is 2. The third-order valence-electron chi connectivity index (χ3n) is 3.03. The van der Waals surface area contributed by atoms with Crippen molar-refractivity contribution < 1.29 is 19.5 Å². The second-order valence-corrected chi connectivity index (χ2v) is 5.74. The lowest BCUT2D eigenvalue weighted by Gasteiger charge is -2.12. The van der Waals surface area contributed by atoms with Gasteiger partial charge < -0.3 is 15.7 Å². The molecule has 1 aromatic rings. The van der Waals surface area contributed by atoms with Crippen molar-refractivity contribution in [3.63, 3.8) is 0 Å². The molecule has 0 aliphatic heterocycles. The van der Waals surface area contributed by atoms with E-state index < -0.39 is 17.8 Å². The molecule has 1 atom stereocenters. The van der Waals surface area contributed by atoms with E-state index in [2.05, 4.69) is 26.6 Å². The van der Waals surface area contributed by atoms with Gasteiger partial charge in [0.2, 0.25) is 5.91 Å². The maximum absolute atomic E-state index is 11.8. The summed E-state index contributed by atoms with van der Waals surface area (Å²) >= 11 is 3.26. The smallest absolute Gasteiger partial charge is 0.308 e. The summed E-state index contributed by atoms with van der Waals surface area (Å²) in [6, 6.07) is 6.80. The lowest BCUT2D eigenvalue weighted by Crippen LogP contribution is -2.40. The summed E-state index contributed by atoms with van der Waals surface area (Å²) in [7, 11) is 0. The molecule has 0 aliphatic carbocycles. The fourth-order valence-electron chi connectivity index (χ4n) is 1.85. The normalized spacial score (nSPS) is 11.5. The van der Waals surface area contributed by atoms with Gasteiger partial charge in [-0.05, 0) is 24.6 Å². The number of hydrogen-bond donors (Lipinski definition) is 3. The van der Waals surface area contributed by atoms with E-state index in [1.165, 1.54) is 0 Å². The van der Waals surface area contributed by atoms with Crippen molar-refractivity contribution in [3.05, 3.63) is 34.3 Å². The van der Waals surface area contributed by atoms with Crippen LogP contribution in [-0.2, 0) is 9.59 Å². The Morgan fingerprint density at radius 3 is 2.59 bits per heavy atom. The maximum atomic E-state index is 11.8. The number of rotatable bonds is 8. The molecule has 0 heterocycles. The summed E-state index contributed by atoms with van der Waals surface area (Å²) in [4.78, 5) is 34.5. The zero-order valence-corrected chi connectivity index (χ0v) is 13.9. The highest BCUT2D eigenvalue weighted by Crippen LogP contribution is 2.11. The first kappa shape index (κ1) is 18.2. The molecular weight excluding hydrogens is 352 g/mol. The van der Waals surface area contributed by atoms with Gasteiger partial charge in [0, 0.05) is 16.6 Å². The van der Waals surface area contributed by atoms with Crippen LogP contribution in [0.1, 0.15) is 30.1 Å². The summed E-state index contributed by atoms with van der Waals surface area (Å²) in [6.07, 6.45) is 1.23. The fourth-order valence-corrected chi connectivity index (χ4v) is 2.25. The molecule has 1 rings (SSSR count). The fraction of sp³-hybridized carbons (Fsp3) is 0.400. The van der Waals surface area contributed by atoms with Crippen LogP contribution in [0.3, 0.4) is 0 Å². The Balaban J connectivity index is 2.39. The Bertz CT molecular complexity index is 548. The van der Waals surface area contributed by atoms with E-state index in [1.807, 2.05) is 6.92 Å². The predicted molar refractivity (Wildman–Crippen MR) is 85.5 cm³/mol. The Hall–Kier alpha value is -1.89. The van der Waals surface area contributed by atoms with Gasteiger partial charge in [-0.3, -0.25) is 14.4 Å². The van der Waals surface area contributed by atoms with Crippen LogP contribution in [-0.4, -0.2) is 36.0 Å². The number of carboxylic acid groups (broad SMARTS) is 1. The largest absolute Gasteiger partial charge is 0.481 e. The lowest BCUT2D eigenvalue weighted by atomic mass is 10.0. The number of amides is 2. The highest BCUT2D eigenvalue weighted by atomic mass is 79.9. The Morgan fingerprint density at radius 1 is 1.27 bits per heavy atom. The zero-order valence-electron chi connectivity index (χ0n) is 12.3. The molecule has 3 N–H and O–H groups in total. The molecule has 2 amide bonds. The third-order valence-corrected chi connectivity index (χ3v) is 3.52. The lowest BCUT2D eigenvalue weighted by molar-refractivity contribution is -0.141. The highest BCUT2D eigenvalue weighted by Gasteiger charge is 2.17. The van der Waals surface area contributed by atoms with Crippen molar-refractivity contribution >= 4 is 33.7 Å². The van der Waals surface area contributed by atoms with Gasteiger partial charge in [0.05, 0.1) is 12.5 Å². The van der Waals surface area contributed by atoms with Crippen molar-refractivity contribution in [2.45, 2.75) is 19.8 Å². The van der Waals surface area contributed by atoms with Crippen LogP contribution in [0.4, 0.5) is 0 Å². The average molecular weight is 371 g/mol. The first-order valence-corrected chi connectivity index (χ1v) is 7.76. The van der Waals surface area contributed by atoms with Gasteiger partial charge >= 0.3 is 5.97 Å². The second kappa shape index (κ2) is 9.19. The van der Waals surface area contributed by atoms with Crippen molar-refractivity contribution in [1.82, 2.24) is 10.6 Å². The van der Waals surface area contributed by atoms with Gasteiger partial charge in [0.25, 0.3) is 5.91 Å². The van der Waals surface area contributed by atoms with Gasteiger partial charge in [0.1, 0.15) is 0 Å². The van der Waals surface area contributed by atoms with Crippen LogP contribution in [0.5, 0.6) is 0 Å². The molecule has 0 radical (unpaired) electrons. The summed E-state index contributed by atoms with van der Waals surface area (Å²) in [5.74, 6) is -2.31. The number of aliphatic carboxylic acids is 1. The van der Waals surface area contributed by atoms with Gasteiger partial charge in [-0.2, -0.15) is 0 Å². The van der Waals surface area contributed by atoms with Crippen molar-refractivity contribution in [2.75, 3.05) is 13.1 Å². The molecule has 1 aromatic carbocycles. The average Bonchev–Trinajstić information content (AvgIpc) is 2.48. The molecule has 0 bridgehead atoms. The monoisotopic (exact) mass is 370 g/mol. The number of benzene rings is 1. The molecule has 7 heteroatoms. The minimum absolute atomic E-state index is 0.0642. The SMILES string of the molecule is CCCC(CNC(=O)CNC(=O)c1cccc(Br)c1)C(=O)O. The number of halogens is 1.